The van der Waals surface area contributed by atoms with E-state index in [2.05, 4.69) is 129 Å². The summed E-state index contributed by atoms with van der Waals surface area (Å²) in [6.45, 7) is 3.34. The number of hydrogen-bond acceptors (Lipinski definition) is 14. The van der Waals surface area contributed by atoms with Gasteiger partial charge in [0.15, 0.2) is 12.6 Å². The monoisotopic (exact) mass is 1050 g/mol. The number of carbonyl (C=O) groups is 1. The van der Waals surface area contributed by atoms with E-state index in [9.17, 15) is 40.5 Å². The van der Waals surface area contributed by atoms with Crippen molar-refractivity contribution >= 4 is 5.97 Å². The standard InChI is InChI=1S/C61H98O14/c1-3-5-7-9-11-13-15-17-19-21-23-24-25-26-27-28-30-32-34-36-38-40-42-44-53(63)73-50(47-70-45-43-41-39-37-35-33-31-29-22-20-18-16-14-12-10-8-6-4-2)48-71-60-59(69)57(67)55(65)52(75-60)49-72-61-58(68)56(66)54(64)51(46-62)74-61/h5-8,11-14,17-20,23-24,26-27,30,32,36,38,50-52,54-62,64-69H,3-4,9-10,15-16,21-22,25,28-29,31,33-35,37,39-49H2,1-2H3/b7-5-,8-6-,13-11-,14-12-,19-17-,20-18-,24-23-,27-26-,32-30-,38-36-. The van der Waals surface area contributed by atoms with Crippen LogP contribution in [0.25, 0.3) is 0 Å². The van der Waals surface area contributed by atoms with Gasteiger partial charge < -0.3 is 64.2 Å². The van der Waals surface area contributed by atoms with E-state index in [4.69, 9.17) is 28.4 Å². The Morgan fingerprint density at radius 1 is 0.440 bits per heavy atom. The second kappa shape index (κ2) is 46.5. The van der Waals surface area contributed by atoms with Gasteiger partial charge in [-0.3, -0.25) is 4.79 Å². The van der Waals surface area contributed by atoms with Crippen molar-refractivity contribution in [3.05, 3.63) is 122 Å². The van der Waals surface area contributed by atoms with Crippen molar-refractivity contribution in [3.8, 4) is 0 Å². The van der Waals surface area contributed by atoms with E-state index in [1.165, 1.54) is 25.7 Å². The zero-order valence-electron chi connectivity index (χ0n) is 45.5. The van der Waals surface area contributed by atoms with Crippen LogP contribution in [0.1, 0.15) is 155 Å². The first kappa shape index (κ1) is 67.5. The summed E-state index contributed by atoms with van der Waals surface area (Å²) in [5.41, 5.74) is 0. The van der Waals surface area contributed by atoms with Crippen LogP contribution in [0.2, 0.25) is 0 Å². The molecule has 7 N–H and O–H groups in total. The molecular weight excluding hydrogens is 957 g/mol. The number of esters is 1. The largest absolute Gasteiger partial charge is 0.457 e. The Bertz CT molecular complexity index is 1700. The average molecular weight is 1060 g/mol. The maximum atomic E-state index is 13.0. The van der Waals surface area contributed by atoms with Gasteiger partial charge in [-0.15, -0.1) is 0 Å². The quantitative estimate of drug-likeness (QED) is 0.0172. The lowest BCUT2D eigenvalue weighted by Gasteiger charge is -2.42. The fraction of sp³-hybridized carbons (Fsp3) is 0.656. The van der Waals surface area contributed by atoms with Crippen LogP contribution in [0.3, 0.4) is 0 Å². The van der Waals surface area contributed by atoms with Crippen molar-refractivity contribution in [1.82, 2.24) is 0 Å². The van der Waals surface area contributed by atoms with E-state index >= 15 is 0 Å². The number of ether oxygens (including phenoxy) is 6. The molecule has 0 aromatic carbocycles. The second-order valence-corrected chi connectivity index (χ2v) is 19.0. The van der Waals surface area contributed by atoms with Crippen LogP contribution in [0.5, 0.6) is 0 Å². The number of aliphatic hydroxyl groups excluding tert-OH is 7. The highest BCUT2D eigenvalue weighted by molar-refractivity contribution is 5.69. The molecule has 0 saturated carbocycles. The van der Waals surface area contributed by atoms with Crippen molar-refractivity contribution < 1.29 is 69.0 Å². The van der Waals surface area contributed by atoms with Crippen LogP contribution in [0.4, 0.5) is 0 Å². The van der Waals surface area contributed by atoms with Gasteiger partial charge in [-0.05, 0) is 96.3 Å². The van der Waals surface area contributed by atoms with Crippen LogP contribution in [0, 0.1) is 0 Å². The molecule has 0 aromatic rings. The van der Waals surface area contributed by atoms with Gasteiger partial charge in [0.2, 0.25) is 0 Å². The molecule has 2 aliphatic rings. The molecule has 426 valence electrons. The van der Waals surface area contributed by atoms with Gasteiger partial charge in [0, 0.05) is 13.0 Å². The molecule has 2 heterocycles. The Morgan fingerprint density at radius 3 is 1.29 bits per heavy atom. The topological polar surface area (TPSA) is 214 Å². The zero-order chi connectivity index (χ0) is 54.4. The van der Waals surface area contributed by atoms with Crippen LogP contribution in [0.15, 0.2) is 122 Å². The molecule has 2 rings (SSSR count). The van der Waals surface area contributed by atoms with Gasteiger partial charge in [0.1, 0.15) is 54.9 Å². The minimum absolute atomic E-state index is 0.0241. The Kier molecular flexibility index (Phi) is 41.8. The highest BCUT2D eigenvalue weighted by atomic mass is 16.7. The van der Waals surface area contributed by atoms with Crippen molar-refractivity contribution in [1.29, 1.82) is 0 Å². The highest BCUT2D eigenvalue weighted by Crippen LogP contribution is 2.26. The molecule has 0 aromatic heterocycles. The molecule has 2 fully saturated rings. The summed E-state index contributed by atoms with van der Waals surface area (Å²) in [5, 5.41) is 72.3. The first-order valence-corrected chi connectivity index (χ1v) is 28.1. The maximum absolute atomic E-state index is 13.0. The fourth-order valence-corrected chi connectivity index (χ4v) is 7.99. The number of carbonyl (C=O) groups excluding carboxylic acids is 1. The highest BCUT2D eigenvalue weighted by Gasteiger charge is 2.47. The van der Waals surface area contributed by atoms with Crippen molar-refractivity contribution in [2.24, 2.45) is 0 Å². The van der Waals surface area contributed by atoms with E-state index in [0.29, 0.717) is 19.4 Å². The van der Waals surface area contributed by atoms with Gasteiger partial charge in [-0.25, -0.2) is 0 Å². The number of allylic oxidation sites excluding steroid dienone is 20. The van der Waals surface area contributed by atoms with Gasteiger partial charge in [0.25, 0.3) is 0 Å². The summed E-state index contributed by atoms with van der Waals surface area (Å²) in [7, 11) is 0. The predicted molar refractivity (Wildman–Crippen MR) is 297 cm³/mol. The maximum Gasteiger partial charge on any atom is 0.306 e. The zero-order valence-corrected chi connectivity index (χ0v) is 45.5. The Balaban J connectivity index is 1.77. The summed E-state index contributed by atoms with van der Waals surface area (Å²) in [5.74, 6) is -0.442. The number of aliphatic hydroxyl groups is 7. The number of rotatable bonds is 43. The lowest BCUT2D eigenvalue weighted by atomic mass is 9.98. The van der Waals surface area contributed by atoms with Gasteiger partial charge in [-0.2, -0.15) is 0 Å². The summed E-state index contributed by atoms with van der Waals surface area (Å²) in [6, 6.07) is 0. The molecule has 75 heavy (non-hydrogen) atoms. The summed E-state index contributed by atoms with van der Waals surface area (Å²) < 4.78 is 34.3. The molecule has 2 aliphatic heterocycles. The molecular formula is C61H98O14. The normalized spacial score (nSPS) is 25.6. The SMILES string of the molecule is CC/C=C\C/C=C\C/C=C\C/C=C\C/C=C\C/C=C\C/C=C\CCCC(=O)OC(COCCCCCCCCCC/C=C\C/C=C\C/C=C\CC)COC1OC(COC2OC(CO)C(O)C(O)C2O)C(O)C(O)C1O. The van der Waals surface area contributed by atoms with Crippen LogP contribution < -0.4 is 0 Å². The Morgan fingerprint density at radius 2 is 0.827 bits per heavy atom. The minimum Gasteiger partial charge on any atom is -0.457 e. The van der Waals surface area contributed by atoms with Gasteiger partial charge in [-0.1, -0.05) is 174 Å². The van der Waals surface area contributed by atoms with E-state index in [1.54, 1.807) is 0 Å². The van der Waals surface area contributed by atoms with Gasteiger partial charge in [0.05, 0.1) is 26.4 Å². The molecule has 0 radical (unpaired) electrons. The summed E-state index contributed by atoms with van der Waals surface area (Å²) >= 11 is 0. The van der Waals surface area contributed by atoms with Gasteiger partial charge >= 0.3 is 5.97 Å². The predicted octanol–water partition coefficient (Wildman–Crippen LogP) is 9.74. The first-order valence-electron chi connectivity index (χ1n) is 28.1. The fourth-order valence-electron chi connectivity index (χ4n) is 7.99. The third kappa shape index (κ3) is 33.3. The molecule has 14 nitrogen and oxygen atoms in total. The lowest BCUT2D eigenvalue weighted by Crippen LogP contribution is -2.61. The van der Waals surface area contributed by atoms with E-state index in [-0.39, 0.29) is 19.6 Å². The Labute approximate surface area is 450 Å². The molecule has 14 heteroatoms. The smallest absolute Gasteiger partial charge is 0.306 e. The van der Waals surface area contributed by atoms with Crippen molar-refractivity contribution in [2.45, 2.75) is 223 Å². The first-order chi connectivity index (χ1) is 36.6. The van der Waals surface area contributed by atoms with E-state index in [0.717, 1.165) is 96.3 Å². The minimum atomic E-state index is -1.73. The third-order valence-corrected chi connectivity index (χ3v) is 12.5. The average Bonchev–Trinajstić information content (AvgIpc) is 3.41. The molecule has 11 unspecified atom stereocenters. The lowest BCUT2D eigenvalue weighted by molar-refractivity contribution is -0.332. The van der Waals surface area contributed by atoms with E-state index in [1.807, 2.05) is 6.08 Å². The van der Waals surface area contributed by atoms with Crippen LogP contribution in [-0.4, -0.2) is 142 Å². The third-order valence-electron chi connectivity index (χ3n) is 12.5. The Hall–Kier alpha value is -3.61. The summed E-state index contributed by atoms with van der Waals surface area (Å²) in [6.07, 6.45) is 48.3. The molecule has 0 spiro atoms. The second-order valence-electron chi connectivity index (χ2n) is 19.0. The molecule has 0 bridgehead atoms. The van der Waals surface area contributed by atoms with Crippen LogP contribution >= 0.6 is 0 Å². The molecule has 11 atom stereocenters. The van der Waals surface area contributed by atoms with Crippen molar-refractivity contribution in [2.75, 3.05) is 33.0 Å². The summed E-state index contributed by atoms with van der Waals surface area (Å²) in [4.78, 5) is 13.0. The van der Waals surface area contributed by atoms with Crippen molar-refractivity contribution in [3.63, 3.8) is 0 Å². The van der Waals surface area contributed by atoms with Crippen LogP contribution in [-0.2, 0) is 33.2 Å². The molecule has 0 amide bonds. The number of hydrogen-bond donors (Lipinski definition) is 7. The number of unbranched alkanes of at least 4 members (excludes halogenated alkanes) is 9. The molecule has 2 saturated heterocycles. The molecule has 0 aliphatic carbocycles. The van der Waals surface area contributed by atoms with E-state index < -0.39 is 86.7 Å².